The van der Waals surface area contributed by atoms with Crippen molar-refractivity contribution in [3.63, 3.8) is 0 Å². The van der Waals surface area contributed by atoms with Crippen molar-refractivity contribution in [2.75, 3.05) is 6.61 Å². The number of ketones is 1. The molecule has 0 radical (unpaired) electrons. The number of Topliss-reactive ketones (excluding diaryl/α,β-unsaturated/α-hetero) is 1. The van der Waals surface area contributed by atoms with Crippen LogP contribution in [0.2, 0.25) is 0 Å². The van der Waals surface area contributed by atoms with Crippen LogP contribution < -0.4 is 11.1 Å². The molecule has 2 heterocycles. The molecule has 0 saturated heterocycles. The van der Waals surface area contributed by atoms with Gasteiger partial charge in [-0.3, -0.25) is 9.78 Å². The van der Waals surface area contributed by atoms with Crippen molar-refractivity contribution in [3.8, 4) is 0 Å². The maximum Gasteiger partial charge on any atom is 0.338 e. The number of aromatic nitrogens is 1. The lowest BCUT2D eigenvalue weighted by atomic mass is 9.77. The van der Waals surface area contributed by atoms with E-state index >= 15 is 0 Å². The predicted octanol–water partition coefficient (Wildman–Crippen LogP) is 1.51. The Hall–Kier alpha value is -2.63. The number of pyridine rings is 1. The molecule has 23 heavy (non-hydrogen) atoms. The smallest absolute Gasteiger partial charge is 0.338 e. The van der Waals surface area contributed by atoms with Crippen LogP contribution in [0.15, 0.2) is 47.1 Å². The van der Waals surface area contributed by atoms with Crippen LogP contribution in [0.4, 0.5) is 0 Å². The molecule has 6 nitrogen and oxygen atoms in total. The molecular formula is C17H19N3O3. The van der Waals surface area contributed by atoms with E-state index in [1.165, 1.54) is 0 Å². The van der Waals surface area contributed by atoms with Crippen LogP contribution >= 0.6 is 0 Å². The van der Waals surface area contributed by atoms with E-state index in [4.69, 9.17) is 10.5 Å². The van der Waals surface area contributed by atoms with E-state index in [0.29, 0.717) is 17.7 Å². The predicted molar refractivity (Wildman–Crippen MR) is 83.8 cm³/mol. The molecule has 0 aromatic carbocycles. The van der Waals surface area contributed by atoms with Crippen molar-refractivity contribution >= 4 is 11.8 Å². The highest BCUT2D eigenvalue weighted by Gasteiger charge is 2.40. The minimum absolute atomic E-state index is 0.0312. The number of hydrogen-bond acceptors (Lipinski definition) is 6. The summed E-state index contributed by atoms with van der Waals surface area (Å²) in [5.41, 5.74) is 8.36. The van der Waals surface area contributed by atoms with Gasteiger partial charge in [0.2, 0.25) is 0 Å². The van der Waals surface area contributed by atoms with Gasteiger partial charge in [-0.1, -0.05) is 6.07 Å². The van der Waals surface area contributed by atoms with Gasteiger partial charge in [0.05, 0.1) is 23.8 Å². The highest BCUT2D eigenvalue weighted by molar-refractivity contribution is 6.03. The lowest BCUT2D eigenvalue weighted by molar-refractivity contribution is -0.138. The second kappa shape index (κ2) is 6.24. The van der Waals surface area contributed by atoms with Gasteiger partial charge in [0.25, 0.3) is 0 Å². The normalized spacial score (nSPS) is 20.9. The average Bonchev–Trinajstić information content (AvgIpc) is 2.54. The Bertz CT molecular complexity index is 707. The number of carbonyl (C=O) groups is 2. The van der Waals surface area contributed by atoms with Crippen molar-refractivity contribution < 1.29 is 14.3 Å². The van der Waals surface area contributed by atoms with Gasteiger partial charge in [-0.2, -0.15) is 0 Å². The summed E-state index contributed by atoms with van der Waals surface area (Å²) in [5, 5.41) is 3.03. The third-order valence-corrected chi connectivity index (χ3v) is 4.09. The van der Waals surface area contributed by atoms with E-state index in [1.54, 1.807) is 25.3 Å². The Morgan fingerprint density at radius 2 is 2.26 bits per heavy atom. The summed E-state index contributed by atoms with van der Waals surface area (Å²) in [6.45, 7) is 1.97. The van der Waals surface area contributed by atoms with Gasteiger partial charge in [-0.05, 0) is 31.9 Å². The van der Waals surface area contributed by atoms with Crippen LogP contribution in [0.25, 0.3) is 0 Å². The fourth-order valence-electron chi connectivity index (χ4n) is 3.14. The van der Waals surface area contributed by atoms with Crippen LogP contribution in [0.3, 0.4) is 0 Å². The Labute approximate surface area is 134 Å². The summed E-state index contributed by atoms with van der Waals surface area (Å²) < 4.78 is 5.14. The highest BCUT2D eigenvalue weighted by Crippen LogP contribution is 2.40. The largest absolute Gasteiger partial charge is 0.463 e. The van der Waals surface area contributed by atoms with E-state index in [0.717, 1.165) is 18.5 Å². The minimum atomic E-state index is -0.570. The first-order chi connectivity index (χ1) is 11.1. The van der Waals surface area contributed by atoms with Gasteiger partial charge in [0.15, 0.2) is 5.78 Å². The summed E-state index contributed by atoms with van der Waals surface area (Å²) in [6.07, 6.45) is 3.63. The number of rotatable bonds is 3. The molecule has 3 rings (SSSR count). The summed E-state index contributed by atoms with van der Waals surface area (Å²) >= 11 is 0. The fourth-order valence-corrected chi connectivity index (χ4v) is 3.14. The standard InChI is InChI=1S/C17H19N3O3/c1-2-23-17(22)15-14(10-6-3-4-9-19-10)13-11(20-16(15)18)7-5-8-12(13)21/h3-4,6,9,14,20H,2,5,7-8,18H2,1H3. The lowest BCUT2D eigenvalue weighted by Gasteiger charge is -2.33. The monoisotopic (exact) mass is 313 g/mol. The molecular weight excluding hydrogens is 294 g/mol. The van der Waals surface area contributed by atoms with E-state index < -0.39 is 11.9 Å². The third-order valence-electron chi connectivity index (χ3n) is 4.09. The van der Waals surface area contributed by atoms with Gasteiger partial charge < -0.3 is 15.8 Å². The third kappa shape index (κ3) is 2.72. The molecule has 0 spiro atoms. The molecule has 0 bridgehead atoms. The topological polar surface area (TPSA) is 94.3 Å². The van der Waals surface area contributed by atoms with Crippen molar-refractivity contribution in [2.45, 2.75) is 32.1 Å². The van der Waals surface area contributed by atoms with E-state index in [2.05, 4.69) is 10.3 Å². The first kappa shape index (κ1) is 15.3. The quantitative estimate of drug-likeness (QED) is 0.821. The molecule has 0 amide bonds. The molecule has 6 heteroatoms. The molecule has 0 saturated carbocycles. The van der Waals surface area contributed by atoms with Crippen LogP contribution in [0.1, 0.15) is 37.8 Å². The van der Waals surface area contributed by atoms with E-state index in [1.807, 2.05) is 6.07 Å². The Balaban J connectivity index is 2.15. The first-order valence-corrected chi connectivity index (χ1v) is 7.74. The van der Waals surface area contributed by atoms with Crippen LogP contribution in [-0.2, 0) is 14.3 Å². The Morgan fingerprint density at radius 1 is 1.43 bits per heavy atom. The molecule has 1 atom stereocenters. The maximum absolute atomic E-state index is 12.5. The molecule has 0 fully saturated rings. The number of nitrogens with one attached hydrogen (secondary N) is 1. The second-order valence-electron chi connectivity index (χ2n) is 5.53. The molecule has 2 aliphatic rings. The van der Waals surface area contributed by atoms with E-state index in [9.17, 15) is 9.59 Å². The summed E-state index contributed by atoms with van der Waals surface area (Å²) in [5.74, 6) is -0.811. The SMILES string of the molecule is CCOC(=O)C1=C(N)NC2=C(C(=O)CCC2)C1c1ccccn1. The molecule has 3 N–H and O–H groups in total. The zero-order chi connectivity index (χ0) is 16.4. The summed E-state index contributed by atoms with van der Waals surface area (Å²) in [4.78, 5) is 29.3. The number of nitrogens with zero attached hydrogens (tertiary/aromatic N) is 1. The summed E-state index contributed by atoms with van der Waals surface area (Å²) in [6, 6.07) is 5.42. The van der Waals surface area contributed by atoms with Gasteiger partial charge in [-0.15, -0.1) is 0 Å². The van der Waals surface area contributed by atoms with Crippen molar-refractivity contribution in [2.24, 2.45) is 5.73 Å². The van der Waals surface area contributed by atoms with Crippen LogP contribution in [-0.4, -0.2) is 23.3 Å². The summed E-state index contributed by atoms with van der Waals surface area (Å²) in [7, 11) is 0. The fraction of sp³-hybridized carbons (Fsp3) is 0.353. The zero-order valence-corrected chi connectivity index (χ0v) is 13.0. The van der Waals surface area contributed by atoms with Crippen LogP contribution in [0, 0.1) is 0 Å². The van der Waals surface area contributed by atoms with Crippen molar-refractivity contribution in [1.29, 1.82) is 0 Å². The zero-order valence-electron chi connectivity index (χ0n) is 13.0. The van der Waals surface area contributed by atoms with Crippen molar-refractivity contribution in [3.05, 3.63) is 52.8 Å². The molecule has 1 aliphatic heterocycles. The molecule has 1 aliphatic carbocycles. The van der Waals surface area contributed by atoms with Crippen LogP contribution in [0.5, 0.6) is 0 Å². The minimum Gasteiger partial charge on any atom is -0.463 e. The van der Waals surface area contributed by atoms with Crippen molar-refractivity contribution in [1.82, 2.24) is 10.3 Å². The molecule has 1 aromatic rings. The van der Waals surface area contributed by atoms with E-state index in [-0.39, 0.29) is 23.8 Å². The number of allylic oxidation sites excluding steroid dienone is 2. The molecule has 120 valence electrons. The first-order valence-electron chi connectivity index (χ1n) is 7.74. The highest BCUT2D eigenvalue weighted by atomic mass is 16.5. The number of esters is 1. The van der Waals surface area contributed by atoms with Gasteiger partial charge in [-0.25, -0.2) is 4.79 Å². The lowest BCUT2D eigenvalue weighted by Crippen LogP contribution is -2.38. The number of dihydropyridines is 1. The molecule has 1 aromatic heterocycles. The number of carbonyl (C=O) groups excluding carboxylic acids is 2. The van der Waals surface area contributed by atoms with Gasteiger partial charge >= 0.3 is 5.97 Å². The van der Waals surface area contributed by atoms with Gasteiger partial charge in [0, 0.05) is 23.9 Å². The average molecular weight is 313 g/mol. The number of ether oxygens (including phenoxy) is 1. The number of hydrogen-bond donors (Lipinski definition) is 2. The molecule has 1 unspecified atom stereocenters. The second-order valence-corrected chi connectivity index (χ2v) is 5.53. The Kier molecular flexibility index (Phi) is 4.14. The van der Waals surface area contributed by atoms with Gasteiger partial charge in [0.1, 0.15) is 5.82 Å². The maximum atomic E-state index is 12.5. The Morgan fingerprint density at radius 3 is 2.96 bits per heavy atom. The number of nitrogens with two attached hydrogens (primary N) is 1.